The lowest BCUT2D eigenvalue weighted by molar-refractivity contribution is 0.825. The molecule has 1 heteroatoms. The van der Waals surface area contributed by atoms with Crippen molar-refractivity contribution in [2.45, 2.75) is 40.7 Å². The van der Waals surface area contributed by atoms with Gasteiger partial charge in [-0.05, 0) is 62.5 Å². The van der Waals surface area contributed by atoms with E-state index >= 15 is 0 Å². The molecule has 0 spiro atoms. The minimum atomic E-state index is -0.0670. The van der Waals surface area contributed by atoms with E-state index in [1.54, 1.807) is 0 Å². The van der Waals surface area contributed by atoms with Gasteiger partial charge in [0, 0.05) is 0 Å². The molecule has 0 bridgehead atoms. The fourth-order valence-electron chi connectivity index (χ4n) is 2.22. The van der Waals surface area contributed by atoms with E-state index in [1.165, 1.54) is 27.8 Å². The van der Waals surface area contributed by atoms with Crippen molar-refractivity contribution in [3.8, 4) is 0 Å². The van der Waals surface area contributed by atoms with Crippen LogP contribution in [0.1, 0.15) is 43.5 Å². The Morgan fingerprint density at radius 2 is 1.89 bits per heavy atom. The first-order valence-electron chi connectivity index (χ1n) is 6.70. The van der Waals surface area contributed by atoms with Gasteiger partial charge in [-0.2, -0.15) is 0 Å². The molecule has 1 aromatic carbocycles. The van der Waals surface area contributed by atoms with E-state index in [-0.39, 0.29) is 6.04 Å². The van der Waals surface area contributed by atoms with E-state index in [1.807, 2.05) is 19.1 Å². The first-order chi connectivity index (χ1) is 8.88. The second kappa shape index (κ2) is 6.53. The number of nitrogens with two attached hydrogens (primary N) is 1. The van der Waals surface area contributed by atoms with Crippen molar-refractivity contribution in [1.29, 1.82) is 0 Å². The van der Waals surface area contributed by atoms with Gasteiger partial charge in [0.1, 0.15) is 0 Å². The summed E-state index contributed by atoms with van der Waals surface area (Å²) >= 11 is 0. The second-order valence-corrected chi connectivity index (χ2v) is 5.17. The molecule has 0 fully saturated rings. The standard InChI is InChI=1S/C18H25N/c1-7-8-13(3)15(5)16(6)18(19)17-10-9-12(2)11-14(17)4/h7-11,18H,3,19H2,1-2,4-6H3/b8-7-,16-15+. The van der Waals surface area contributed by atoms with Crippen molar-refractivity contribution in [2.75, 3.05) is 0 Å². The van der Waals surface area contributed by atoms with E-state index in [2.05, 4.69) is 52.5 Å². The highest BCUT2D eigenvalue weighted by Crippen LogP contribution is 2.27. The highest BCUT2D eigenvalue weighted by atomic mass is 14.6. The summed E-state index contributed by atoms with van der Waals surface area (Å²) in [4.78, 5) is 0. The van der Waals surface area contributed by atoms with Crippen molar-refractivity contribution in [1.82, 2.24) is 0 Å². The maximum atomic E-state index is 6.40. The van der Waals surface area contributed by atoms with Gasteiger partial charge >= 0.3 is 0 Å². The van der Waals surface area contributed by atoms with E-state index in [0.29, 0.717) is 0 Å². The van der Waals surface area contributed by atoms with E-state index < -0.39 is 0 Å². The zero-order chi connectivity index (χ0) is 14.6. The van der Waals surface area contributed by atoms with Crippen LogP contribution in [0.25, 0.3) is 0 Å². The van der Waals surface area contributed by atoms with Gasteiger partial charge in [0.25, 0.3) is 0 Å². The summed E-state index contributed by atoms with van der Waals surface area (Å²) in [7, 11) is 0. The quantitative estimate of drug-likeness (QED) is 0.770. The zero-order valence-electron chi connectivity index (χ0n) is 12.7. The highest BCUT2D eigenvalue weighted by Gasteiger charge is 2.13. The van der Waals surface area contributed by atoms with Crippen LogP contribution in [0.5, 0.6) is 0 Å². The van der Waals surface area contributed by atoms with E-state index in [4.69, 9.17) is 5.73 Å². The molecule has 0 aliphatic carbocycles. The number of benzene rings is 1. The minimum Gasteiger partial charge on any atom is -0.321 e. The molecule has 1 aromatic rings. The largest absolute Gasteiger partial charge is 0.321 e. The Hall–Kier alpha value is -1.60. The molecule has 0 amide bonds. The lowest BCUT2D eigenvalue weighted by atomic mass is 9.91. The molecule has 102 valence electrons. The topological polar surface area (TPSA) is 26.0 Å². The summed E-state index contributed by atoms with van der Waals surface area (Å²) in [6.45, 7) is 14.5. The third kappa shape index (κ3) is 3.68. The maximum absolute atomic E-state index is 6.40. The number of aryl methyl sites for hydroxylation is 2. The van der Waals surface area contributed by atoms with Crippen LogP contribution in [0.4, 0.5) is 0 Å². The lowest BCUT2D eigenvalue weighted by Crippen LogP contribution is -2.14. The van der Waals surface area contributed by atoms with Gasteiger partial charge in [0.05, 0.1) is 6.04 Å². The van der Waals surface area contributed by atoms with Crippen LogP contribution in [0, 0.1) is 13.8 Å². The van der Waals surface area contributed by atoms with Crippen LogP contribution in [-0.2, 0) is 0 Å². The summed E-state index contributed by atoms with van der Waals surface area (Å²) in [5, 5.41) is 0. The van der Waals surface area contributed by atoms with Gasteiger partial charge in [-0.25, -0.2) is 0 Å². The molecule has 0 aliphatic heterocycles. The van der Waals surface area contributed by atoms with Crippen LogP contribution >= 0.6 is 0 Å². The van der Waals surface area contributed by atoms with Crippen molar-refractivity contribution in [3.05, 3.63) is 70.3 Å². The Morgan fingerprint density at radius 3 is 2.42 bits per heavy atom. The Balaban J connectivity index is 3.15. The number of allylic oxidation sites excluding steroid dienone is 4. The molecule has 0 saturated carbocycles. The van der Waals surface area contributed by atoms with E-state index in [9.17, 15) is 0 Å². The first-order valence-corrected chi connectivity index (χ1v) is 6.70. The SMILES string of the molecule is C=C(/C=C\C)/C(C)=C(\C)C(N)c1ccc(C)cc1C. The third-order valence-corrected chi connectivity index (χ3v) is 3.67. The van der Waals surface area contributed by atoms with Crippen molar-refractivity contribution >= 4 is 0 Å². The van der Waals surface area contributed by atoms with Gasteiger partial charge < -0.3 is 5.73 Å². The Morgan fingerprint density at radius 1 is 1.26 bits per heavy atom. The summed E-state index contributed by atoms with van der Waals surface area (Å²) in [5.41, 5.74) is 13.5. The molecule has 0 heterocycles. The summed E-state index contributed by atoms with van der Waals surface area (Å²) in [6, 6.07) is 6.36. The van der Waals surface area contributed by atoms with Crippen LogP contribution in [0.2, 0.25) is 0 Å². The second-order valence-electron chi connectivity index (χ2n) is 5.17. The van der Waals surface area contributed by atoms with Gasteiger partial charge in [-0.15, -0.1) is 0 Å². The molecule has 1 atom stereocenters. The average Bonchev–Trinajstić information content (AvgIpc) is 2.36. The van der Waals surface area contributed by atoms with Crippen LogP contribution in [0.3, 0.4) is 0 Å². The molecule has 0 saturated heterocycles. The zero-order valence-corrected chi connectivity index (χ0v) is 12.7. The molecule has 1 rings (SSSR count). The van der Waals surface area contributed by atoms with Crippen LogP contribution in [-0.4, -0.2) is 0 Å². The van der Waals surface area contributed by atoms with Gasteiger partial charge in [0.15, 0.2) is 0 Å². The monoisotopic (exact) mass is 255 g/mol. The fraction of sp³-hybridized carbons (Fsp3) is 0.333. The molecule has 1 nitrogen and oxygen atoms in total. The summed E-state index contributed by atoms with van der Waals surface area (Å²) in [5.74, 6) is 0. The lowest BCUT2D eigenvalue weighted by Gasteiger charge is -2.19. The van der Waals surface area contributed by atoms with Crippen molar-refractivity contribution in [2.24, 2.45) is 5.73 Å². The van der Waals surface area contributed by atoms with Crippen LogP contribution in [0.15, 0.2) is 53.6 Å². The molecular formula is C18H25N. The molecule has 0 aromatic heterocycles. The minimum absolute atomic E-state index is 0.0670. The smallest absolute Gasteiger partial charge is 0.0516 e. The predicted octanol–water partition coefficient (Wildman–Crippen LogP) is 4.77. The predicted molar refractivity (Wildman–Crippen MR) is 85.2 cm³/mol. The molecule has 0 aliphatic rings. The molecule has 19 heavy (non-hydrogen) atoms. The van der Waals surface area contributed by atoms with Crippen molar-refractivity contribution < 1.29 is 0 Å². The number of hydrogen-bond donors (Lipinski definition) is 1. The summed E-state index contributed by atoms with van der Waals surface area (Å²) in [6.07, 6.45) is 4.02. The van der Waals surface area contributed by atoms with E-state index in [0.717, 1.165) is 5.57 Å². The number of hydrogen-bond acceptors (Lipinski definition) is 1. The maximum Gasteiger partial charge on any atom is 0.0516 e. The Labute approximate surface area is 117 Å². The molecule has 2 N–H and O–H groups in total. The normalized spacial score (nSPS) is 14.4. The van der Waals surface area contributed by atoms with Gasteiger partial charge in [-0.1, -0.05) is 42.5 Å². The average molecular weight is 255 g/mol. The van der Waals surface area contributed by atoms with Gasteiger partial charge in [-0.3, -0.25) is 0 Å². The Bertz CT molecular complexity index is 533. The van der Waals surface area contributed by atoms with Crippen LogP contribution < -0.4 is 5.73 Å². The summed E-state index contributed by atoms with van der Waals surface area (Å²) < 4.78 is 0. The first kappa shape index (κ1) is 15.5. The third-order valence-electron chi connectivity index (χ3n) is 3.67. The Kier molecular flexibility index (Phi) is 5.31. The molecule has 1 unspecified atom stereocenters. The van der Waals surface area contributed by atoms with Crippen molar-refractivity contribution in [3.63, 3.8) is 0 Å². The number of rotatable bonds is 4. The molecule has 0 radical (unpaired) electrons. The van der Waals surface area contributed by atoms with Gasteiger partial charge in [0.2, 0.25) is 0 Å². The fourth-order valence-corrected chi connectivity index (χ4v) is 2.22. The molecular weight excluding hydrogens is 230 g/mol. The highest BCUT2D eigenvalue weighted by molar-refractivity contribution is 5.44.